The topological polar surface area (TPSA) is 44.5 Å². The lowest BCUT2D eigenvalue weighted by molar-refractivity contribution is 0.00578. The van der Waals surface area contributed by atoms with Crippen molar-refractivity contribution in [1.82, 2.24) is 0 Å². The third-order valence-corrected chi connectivity index (χ3v) is 5.37. The van der Waals surface area contributed by atoms with Crippen molar-refractivity contribution in [2.45, 2.75) is 70.6 Å². The Labute approximate surface area is 114 Å². The average molecular weight is 267 g/mol. The first kappa shape index (κ1) is 13.6. The van der Waals surface area contributed by atoms with Gasteiger partial charge in [0.15, 0.2) is 0 Å². The number of hydrogen-bond acceptors (Lipinski definition) is 3. The second kappa shape index (κ2) is 3.83. The Balaban J connectivity index is 1.68. The summed E-state index contributed by atoms with van der Waals surface area (Å²) in [5.41, 5.74) is 5.83. The third kappa shape index (κ3) is 1.98. The van der Waals surface area contributed by atoms with Crippen molar-refractivity contribution in [1.29, 1.82) is 0 Å². The molecule has 1 aliphatic heterocycles. The van der Waals surface area contributed by atoms with Crippen LogP contribution in [0.3, 0.4) is 0 Å². The summed E-state index contributed by atoms with van der Waals surface area (Å²) in [6.07, 6.45) is 3.73. The summed E-state index contributed by atoms with van der Waals surface area (Å²) >= 11 is 0. The molecule has 5 heteroatoms. The number of rotatable bonds is 1. The fourth-order valence-corrected chi connectivity index (χ4v) is 3.48. The van der Waals surface area contributed by atoms with Crippen LogP contribution >= 0.6 is 0 Å². The van der Waals surface area contributed by atoms with Crippen LogP contribution in [0.1, 0.15) is 53.4 Å². The van der Waals surface area contributed by atoms with Crippen LogP contribution in [0.4, 0.5) is 4.39 Å². The zero-order chi connectivity index (χ0) is 14.1. The lowest BCUT2D eigenvalue weighted by atomic mass is 9.51. The molecule has 0 bridgehead atoms. The van der Waals surface area contributed by atoms with Gasteiger partial charge in [-0.15, -0.1) is 0 Å². The van der Waals surface area contributed by atoms with E-state index in [0.29, 0.717) is 11.5 Å². The van der Waals surface area contributed by atoms with Gasteiger partial charge in [0.25, 0.3) is 0 Å². The fourth-order valence-electron chi connectivity index (χ4n) is 3.48. The van der Waals surface area contributed by atoms with Gasteiger partial charge in [-0.05, 0) is 64.4 Å². The Kier molecular flexibility index (Phi) is 2.74. The van der Waals surface area contributed by atoms with E-state index in [-0.39, 0.29) is 5.73 Å². The summed E-state index contributed by atoms with van der Waals surface area (Å²) in [5.74, 6) is 0. The van der Waals surface area contributed by atoms with E-state index < -0.39 is 18.3 Å². The highest BCUT2D eigenvalue weighted by molar-refractivity contribution is 6.53. The summed E-state index contributed by atoms with van der Waals surface area (Å²) in [7, 11) is -0.828. The van der Waals surface area contributed by atoms with Crippen LogP contribution in [0.15, 0.2) is 11.3 Å². The van der Waals surface area contributed by atoms with E-state index in [4.69, 9.17) is 15.0 Å². The number of allylic oxidation sites excluding steroid dienone is 1. The third-order valence-electron chi connectivity index (χ3n) is 5.37. The number of nitrogens with two attached hydrogens (primary N) is 1. The summed E-state index contributed by atoms with van der Waals surface area (Å²) in [5, 5.41) is 0. The molecule has 0 amide bonds. The van der Waals surface area contributed by atoms with Crippen LogP contribution in [0.2, 0.25) is 0 Å². The first-order valence-electron chi connectivity index (χ1n) is 7.13. The Morgan fingerprint density at radius 2 is 1.63 bits per heavy atom. The van der Waals surface area contributed by atoms with Crippen LogP contribution in [-0.2, 0) is 9.31 Å². The summed E-state index contributed by atoms with van der Waals surface area (Å²) in [4.78, 5) is 0. The van der Waals surface area contributed by atoms with Crippen molar-refractivity contribution in [3.8, 4) is 0 Å². The molecule has 0 aromatic carbocycles. The van der Waals surface area contributed by atoms with Crippen molar-refractivity contribution >= 4 is 7.12 Å². The number of hydrogen-bond donors (Lipinski definition) is 1. The molecule has 106 valence electrons. The molecule has 2 N–H and O–H groups in total. The quantitative estimate of drug-likeness (QED) is 0.743. The van der Waals surface area contributed by atoms with Gasteiger partial charge in [0.1, 0.15) is 5.73 Å². The van der Waals surface area contributed by atoms with Crippen LogP contribution in [0, 0.1) is 5.41 Å². The van der Waals surface area contributed by atoms with E-state index in [2.05, 4.69) is 0 Å². The standard InChI is InChI=1S/C14H23BFNO2/c1-12(2)13(3,4)19-15(18-12)11(16)9-5-14(6-9)7-10(17)8-14/h10H,5-8,17H2,1-4H3. The molecule has 3 rings (SSSR count). The largest absolute Gasteiger partial charge is 0.525 e. The second-order valence-corrected chi connectivity index (χ2v) is 7.56. The molecule has 0 radical (unpaired) electrons. The smallest absolute Gasteiger partial charge is 0.398 e. The molecule has 2 aliphatic carbocycles. The highest BCUT2D eigenvalue weighted by Crippen LogP contribution is 2.59. The van der Waals surface area contributed by atoms with Crippen molar-refractivity contribution in [2.75, 3.05) is 0 Å². The van der Waals surface area contributed by atoms with Gasteiger partial charge in [0.05, 0.1) is 11.2 Å². The van der Waals surface area contributed by atoms with E-state index in [1.54, 1.807) is 0 Å². The maximum absolute atomic E-state index is 14.4. The minimum absolute atomic E-state index is 0.204. The molecule has 3 aliphatic rings. The Morgan fingerprint density at radius 1 is 1.16 bits per heavy atom. The van der Waals surface area contributed by atoms with Crippen molar-refractivity contribution < 1.29 is 13.7 Å². The molecule has 1 saturated heterocycles. The van der Waals surface area contributed by atoms with E-state index in [9.17, 15) is 4.39 Å². The van der Waals surface area contributed by atoms with Gasteiger partial charge in [-0.3, -0.25) is 0 Å². The van der Waals surface area contributed by atoms with Crippen molar-refractivity contribution in [3.05, 3.63) is 11.3 Å². The maximum atomic E-state index is 14.4. The lowest BCUT2D eigenvalue weighted by Crippen LogP contribution is -2.51. The molecule has 0 aromatic heterocycles. The van der Waals surface area contributed by atoms with Crippen LogP contribution < -0.4 is 5.73 Å². The van der Waals surface area contributed by atoms with E-state index in [0.717, 1.165) is 31.3 Å². The van der Waals surface area contributed by atoms with Crippen LogP contribution in [-0.4, -0.2) is 24.4 Å². The van der Waals surface area contributed by atoms with Gasteiger partial charge >= 0.3 is 7.12 Å². The molecular formula is C14H23BFNO2. The van der Waals surface area contributed by atoms with E-state index >= 15 is 0 Å². The highest BCUT2D eigenvalue weighted by atomic mass is 19.1. The van der Waals surface area contributed by atoms with Gasteiger partial charge in [-0.25, -0.2) is 4.39 Å². The SMILES string of the molecule is CC1(C)OB(C(F)=C2CC3(C2)CC(N)C3)OC1(C)C. The minimum atomic E-state index is -0.828. The normalized spacial score (nSPS) is 39.2. The van der Waals surface area contributed by atoms with Gasteiger partial charge in [-0.1, -0.05) is 0 Å². The van der Waals surface area contributed by atoms with Crippen LogP contribution in [0.5, 0.6) is 0 Å². The summed E-state index contributed by atoms with van der Waals surface area (Å²) in [6.45, 7) is 7.77. The fraction of sp³-hybridized carbons (Fsp3) is 0.857. The highest BCUT2D eigenvalue weighted by Gasteiger charge is 2.56. The first-order valence-corrected chi connectivity index (χ1v) is 7.13. The molecule has 19 heavy (non-hydrogen) atoms. The van der Waals surface area contributed by atoms with E-state index in [1.165, 1.54) is 0 Å². The lowest BCUT2D eigenvalue weighted by Gasteiger charge is -2.54. The maximum Gasteiger partial charge on any atom is 0.525 e. The summed E-state index contributed by atoms with van der Waals surface area (Å²) < 4.78 is 25.9. The first-order chi connectivity index (χ1) is 8.64. The molecule has 1 spiro atoms. The predicted octanol–water partition coefficient (Wildman–Crippen LogP) is 2.74. The van der Waals surface area contributed by atoms with Gasteiger partial charge in [0.2, 0.25) is 0 Å². The molecule has 1 heterocycles. The Bertz CT molecular complexity index is 415. The van der Waals surface area contributed by atoms with Crippen molar-refractivity contribution in [3.63, 3.8) is 0 Å². The number of halogens is 1. The van der Waals surface area contributed by atoms with Crippen molar-refractivity contribution in [2.24, 2.45) is 11.1 Å². The molecule has 0 aromatic rings. The van der Waals surface area contributed by atoms with Gasteiger partial charge in [-0.2, -0.15) is 0 Å². The average Bonchev–Trinajstić information content (AvgIpc) is 2.39. The predicted molar refractivity (Wildman–Crippen MR) is 73.1 cm³/mol. The molecule has 0 unspecified atom stereocenters. The molecule has 2 saturated carbocycles. The van der Waals surface area contributed by atoms with Gasteiger partial charge in [0, 0.05) is 6.04 Å². The van der Waals surface area contributed by atoms with Crippen LogP contribution in [0.25, 0.3) is 0 Å². The van der Waals surface area contributed by atoms with E-state index in [1.807, 2.05) is 27.7 Å². The van der Waals surface area contributed by atoms with Gasteiger partial charge < -0.3 is 15.0 Å². The second-order valence-electron chi connectivity index (χ2n) is 7.56. The zero-order valence-corrected chi connectivity index (χ0v) is 12.3. The summed E-state index contributed by atoms with van der Waals surface area (Å²) in [6, 6.07) is 0.321. The molecular weight excluding hydrogens is 244 g/mol. The monoisotopic (exact) mass is 267 g/mol. The minimum Gasteiger partial charge on any atom is -0.398 e. The molecule has 3 nitrogen and oxygen atoms in total. The Hall–Kier alpha value is -0.385. The zero-order valence-electron chi connectivity index (χ0n) is 12.3. The Morgan fingerprint density at radius 3 is 2.05 bits per heavy atom. The molecule has 0 atom stereocenters. The molecule has 3 fully saturated rings.